The van der Waals surface area contributed by atoms with Crippen molar-refractivity contribution in [2.45, 2.75) is 77.7 Å². The standard InChI is InChI=1S/C20H31FN2O2/c1-14(2)17(18(24)25-19(3,4)5)23-13-7-8-16(23)20(6,21)15-9-11-22-12-10-15/h9-12,14,16-17H,7-8,13H2,1-6H3/t16-,17-,20+/m0/s1. The van der Waals surface area contributed by atoms with E-state index in [2.05, 4.69) is 4.98 Å². The van der Waals surface area contributed by atoms with E-state index in [1.165, 1.54) is 0 Å². The lowest BCUT2D eigenvalue weighted by Crippen LogP contribution is -2.54. The minimum absolute atomic E-state index is 0.0451. The third kappa shape index (κ3) is 4.57. The lowest BCUT2D eigenvalue weighted by molar-refractivity contribution is -0.165. The minimum atomic E-state index is -1.55. The topological polar surface area (TPSA) is 42.4 Å². The zero-order valence-electron chi connectivity index (χ0n) is 16.3. The van der Waals surface area contributed by atoms with E-state index in [4.69, 9.17) is 4.74 Å². The molecule has 0 unspecified atom stereocenters. The Morgan fingerprint density at radius 2 is 1.88 bits per heavy atom. The van der Waals surface area contributed by atoms with E-state index >= 15 is 4.39 Å². The molecule has 0 amide bonds. The summed E-state index contributed by atoms with van der Waals surface area (Å²) < 4.78 is 21.4. The van der Waals surface area contributed by atoms with Gasteiger partial charge in [0.15, 0.2) is 0 Å². The first kappa shape index (κ1) is 19.8. The first-order valence-electron chi connectivity index (χ1n) is 9.12. The van der Waals surface area contributed by atoms with Gasteiger partial charge in [0, 0.05) is 18.4 Å². The molecular formula is C20H31FN2O2. The van der Waals surface area contributed by atoms with Gasteiger partial charge < -0.3 is 4.74 Å². The van der Waals surface area contributed by atoms with Crippen molar-refractivity contribution in [1.29, 1.82) is 0 Å². The number of hydrogen-bond donors (Lipinski definition) is 0. The van der Waals surface area contributed by atoms with Crippen LogP contribution in [0.25, 0.3) is 0 Å². The number of aromatic nitrogens is 1. The molecule has 2 heterocycles. The lowest BCUT2D eigenvalue weighted by Gasteiger charge is -2.40. The molecule has 1 saturated heterocycles. The van der Waals surface area contributed by atoms with E-state index in [1.807, 2.05) is 39.5 Å². The molecule has 0 bridgehead atoms. The third-order valence-electron chi connectivity index (χ3n) is 4.80. The smallest absolute Gasteiger partial charge is 0.324 e. The Morgan fingerprint density at radius 1 is 1.28 bits per heavy atom. The van der Waals surface area contributed by atoms with Crippen molar-refractivity contribution in [3.63, 3.8) is 0 Å². The summed E-state index contributed by atoms with van der Waals surface area (Å²) in [5.74, 6) is -0.219. The summed E-state index contributed by atoms with van der Waals surface area (Å²) in [5, 5.41) is 0. The highest BCUT2D eigenvalue weighted by Crippen LogP contribution is 2.40. The number of carbonyl (C=O) groups excluding carboxylic acids is 1. The minimum Gasteiger partial charge on any atom is -0.459 e. The molecule has 3 atom stereocenters. The summed E-state index contributed by atoms with van der Waals surface area (Å²) in [6.45, 7) is 11.9. The number of nitrogens with zero attached hydrogens (tertiary/aromatic N) is 2. The third-order valence-corrected chi connectivity index (χ3v) is 4.80. The molecule has 0 aliphatic carbocycles. The Morgan fingerprint density at radius 3 is 2.40 bits per heavy atom. The molecule has 1 aliphatic rings. The van der Waals surface area contributed by atoms with Gasteiger partial charge in [0.05, 0.1) is 0 Å². The van der Waals surface area contributed by atoms with Crippen molar-refractivity contribution < 1.29 is 13.9 Å². The summed E-state index contributed by atoms with van der Waals surface area (Å²) in [6, 6.07) is 2.64. The van der Waals surface area contributed by atoms with Crippen LogP contribution in [-0.2, 0) is 15.2 Å². The first-order valence-corrected chi connectivity index (χ1v) is 9.12. The molecule has 5 heteroatoms. The van der Waals surface area contributed by atoms with Crippen LogP contribution in [0.5, 0.6) is 0 Å². The Balaban J connectivity index is 2.30. The fourth-order valence-corrected chi connectivity index (χ4v) is 3.73. The molecule has 0 N–H and O–H groups in total. The van der Waals surface area contributed by atoms with Crippen molar-refractivity contribution in [3.05, 3.63) is 30.1 Å². The first-order chi connectivity index (χ1) is 11.5. The second kappa shape index (κ2) is 7.40. The fraction of sp³-hybridized carbons (Fsp3) is 0.700. The van der Waals surface area contributed by atoms with Gasteiger partial charge in [-0.15, -0.1) is 0 Å². The second-order valence-corrected chi connectivity index (χ2v) is 8.43. The zero-order valence-corrected chi connectivity index (χ0v) is 16.3. The molecule has 2 rings (SSSR count). The number of esters is 1. The quantitative estimate of drug-likeness (QED) is 0.750. The Kier molecular flexibility index (Phi) is 5.87. The van der Waals surface area contributed by atoms with E-state index in [0.717, 1.165) is 12.8 Å². The normalized spacial score (nSPS) is 22.6. The maximum absolute atomic E-state index is 15.8. The molecule has 0 spiro atoms. The van der Waals surface area contributed by atoms with E-state index < -0.39 is 17.3 Å². The van der Waals surface area contributed by atoms with Crippen molar-refractivity contribution in [3.8, 4) is 0 Å². The van der Waals surface area contributed by atoms with Crippen LogP contribution in [0.1, 0.15) is 59.9 Å². The monoisotopic (exact) mass is 350 g/mol. The highest BCUT2D eigenvalue weighted by atomic mass is 19.1. The maximum atomic E-state index is 15.8. The van der Waals surface area contributed by atoms with Crippen molar-refractivity contribution in [2.24, 2.45) is 5.92 Å². The summed E-state index contributed by atoms with van der Waals surface area (Å²) in [7, 11) is 0. The van der Waals surface area contributed by atoms with Crippen LogP contribution < -0.4 is 0 Å². The van der Waals surface area contributed by atoms with Crippen LogP contribution in [0.3, 0.4) is 0 Å². The van der Waals surface area contributed by atoms with Crippen molar-refractivity contribution >= 4 is 5.97 Å². The van der Waals surface area contributed by atoms with Crippen LogP contribution in [0, 0.1) is 5.92 Å². The SMILES string of the molecule is CC(C)[C@@H](C(=O)OC(C)(C)C)N1CCC[C@H]1[C@](C)(F)c1ccncc1. The zero-order chi connectivity index (χ0) is 18.8. The second-order valence-electron chi connectivity index (χ2n) is 8.43. The number of hydrogen-bond acceptors (Lipinski definition) is 4. The van der Waals surface area contributed by atoms with Gasteiger partial charge in [0.25, 0.3) is 0 Å². The van der Waals surface area contributed by atoms with E-state index in [-0.39, 0.29) is 17.9 Å². The lowest BCUT2D eigenvalue weighted by atomic mass is 9.87. The molecule has 25 heavy (non-hydrogen) atoms. The number of carbonyl (C=O) groups is 1. The van der Waals surface area contributed by atoms with Crippen molar-refractivity contribution in [1.82, 2.24) is 9.88 Å². The molecule has 0 saturated carbocycles. The van der Waals surface area contributed by atoms with Crippen LogP contribution in [0.2, 0.25) is 0 Å². The Hall–Kier alpha value is -1.49. The summed E-state index contributed by atoms with van der Waals surface area (Å²) >= 11 is 0. The predicted molar refractivity (Wildman–Crippen MR) is 96.9 cm³/mol. The van der Waals surface area contributed by atoms with Gasteiger partial charge in [-0.2, -0.15) is 0 Å². The van der Waals surface area contributed by atoms with E-state index in [9.17, 15) is 4.79 Å². The van der Waals surface area contributed by atoms with Crippen LogP contribution >= 0.6 is 0 Å². The number of likely N-dealkylation sites (tertiary alicyclic amines) is 1. The average Bonchev–Trinajstić information content (AvgIpc) is 2.95. The maximum Gasteiger partial charge on any atom is 0.324 e. The number of halogens is 1. The van der Waals surface area contributed by atoms with Gasteiger partial charge in [0.2, 0.25) is 0 Å². The number of ether oxygens (including phenoxy) is 1. The summed E-state index contributed by atoms with van der Waals surface area (Å²) in [6.07, 6.45) is 4.82. The largest absolute Gasteiger partial charge is 0.459 e. The van der Waals surface area contributed by atoms with Gasteiger partial charge in [-0.25, -0.2) is 4.39 Å². The molecule has 140 valence electrons. The highest BCUT2D eigenvalue weighted by Gasteiger charge is 2.47. The van der Waals surface area contributed by atoms with Gasteiger partial charge in [-0.05, 0) is 70.7 Å². The van der Waals surface area contributed by atoms with Crippen LogP contribution in [0.15, 0.2) is 24.5 Å². The van der Waals surface area contributed by atoms with Gasteiger partial charge in [-0.1, -0.05) is 13.8 Å². The number of pyridine rings is 1. The Bertz CT molecular complexity index is 581. The molecule has 1 fully saturated rings. The van der Waals surface area contributed by atoms with Crippen molar-refractivity contribution in [2.75, 3.05) is 6.54 Å². The number of alkyl halides is 1. The van der Waals surface area contributed by atoms with Gasteiger partial charge in [0.1, 0.15) is 17.3 Å². The molecule has 4 nitrogen and oxygen atoms in total. The van der Waals surface area contributed by atoms with Gasteiger partial charge >= 0.3 is 5.97 Å². The summed E-state index contributed by atoms with van der Waals surface area (Å²) in [4.78, 5) is 18.8. The van der Waals surface area contributed by atoms with Gasteiger partial charge in [-0.3, -0.25) is 14.7 Å². The molecule has 0 aromatic carbocycles. The predicted octanol–water partition coefficient (Wildman–Crippen LogP) is 4.10. The highest BCUT2D eigenvalue weighted by molar-refractivity contribution is 5.76. The average molecular weight is 350 g/mol. The van der Waals surface area contributed by atoms with Crippen LogP contribution in [0.4, 0.5) is 4.39 Å². The summed E-state index contributed by atoms with van der Waals surface area (Å²) in [5.41, 5.74) is -1.50. The van der Waals surface area contributed by atoms with E-state index in [0.29, 0.717) is 12.1 Å². The molecule has 1 aromatic heterocycles. The molecular weight excluding hydrogens is 319 g/mol. The number of rotatable bonds is 5. The van der Waals surface area contributed by atoms with E-state index in [1.54, 1.807) is 31.5 Å². The molecule has 0 radical (unpaired) electrons. The Labute approximate surface area is 150 Å². The molecule has 1 aromatic rings. The molecule has 1 aliphatic heterocycles. The fourth-order valence-electron chi connectivity index (χ4n) is 3.73. The van der Waals surface area contributed by atoms with Crippen LogP contribution in [-0.4, -0.2) is 40.1 Å².